The number of aliphatic imine (C=N–C) groups is 1. The molecule has 210 valence electrons. The lowest BCUT2D eigenvalue weighted by Gasteiger charge is -2.24. The summed E-state index contributed by atoms with van der Waals surface area (Å²) < 4.78 is 27.1. The number of rotatable bonds is 11. The van der Waals surface area contributed by atoms with E-state index in [2.05, 4.69) is 20.9 Å². The van der Waals surface area contributed by atoms with Gasteiger partial charge >= 0.3 is 5.97 Å². The predicted octanol–water partition coefficient (Wildman–Crippen LogP) is 5.15. The van der Waals surface area contributed by atoms with Crippen LogP contribution < -0.4 is 4.31 Å². The lowest BCUT2D eigenvalue weighted by atomic mass is 9.98. The van der Waals surface area contributed by atoms with E-state index in [-0.39, 0.29) is 12.3 Å². The molecule has 3 aromatic carbocycles. The zero-order valence-corrected chi connectivity index (χ0v) is 24.8. The fourth-order valence-electron chi connectivity index (χ4n) is 4.34. The number of hydrogen-bond donors (Lipinski definition) is 3. The predicted molar refractivity (Wildman–Crippen MR) is 163 cm³/mol. The van der Waals surface area contributed by atoms with E-state index in [0.29, 0.717) is 42.2 Å². The molecule has 0 unspecified atom stereocenters. The Hall–Kier alpha value is -3.67. The number of anilines is 1. The van der Waals surface area contributed by atoms with Crippen LogP contribution in [-0.4, -0.2) is 73.6 Å². The van der Waals surface area contributed by atoms with Crippen LogP contribution in [0.5, 0.6) is 5.88 Å². The minimum Gasteiger partial charge on any atom is -0.494 e. The fourth-order valence-corrected chi connectivity index (χ4v) is 5.62. The van der Waals surface area contributed by atoms with Gasteiger partial charge in [0.2, 0.25) is 10.0 Å². The highest BCUT2D eigenvalue weighted by molar-refractivity contribution is 9.10. The van der Waals surface area contributed by atoms with Gasteiger partial charge in [0.1, 0.15) is 0 Å². The molecule has 0 aliphatic rings. The number of aromatic hydroxyl groups is 1. The van der Waals surface area contributed by atoms with Gasteiger partial charge in [-0.1, -0.05) is 46.3 Å². The monoisotopic (exact) mass is 626 g/mol. The lowest BCUT2D eigenvalue weighted by molar-refractivity contribution is -0.136. The van der Waals surface area contributed by atoms with Crippen molar-refractivity contribution in [2.45, 2.75) is 12.8 Å². The minimum atomic E-state index is -3.48. The normalized spacial score (nSPS) is 12.3. The summed E-state index contributed by atoms with van der Waals surface area (Å²) in [6, 6.07) is 20.0. The Kier molecular flexibility index (Phi) is 8.97. The third-order valence-corrected chi connectivity index (χ3v) is 8.05. The molecule has 0 amide bonds. The van der Waals surface area contributed by atoms with Crippen molar-refractivity contribution in [1.82, 2.24) is 9.88 Å². The molecule has 0 radical (unpaired) electrons. The number of carboxylic acids is 1. The number of H-pyrrole nitrogens is 1. The van der Waals surface area contributed by atoms with Crippen LogP contribution in [0.4, 0.5) is 11.4 Å². The van der Waals surface area contributed by atoms with Gasteiger partial charge < -0.3 is 20.1 Å². The quantitative estimate of drug-likeness (QED) is 0.198. The molecule has 4 rings (SSSR count). The highest BCUT2D eigenvalue weighted by atomic mass is 79.9. The maximum atomic E-state index is 12.5. The van der Waals surface area contributed by atoms with Crippen molar-refractivity contribution in [3.05, 3.63) is 87.9 Å². The zero-order chi connectivity index (χ0) is 29.0. The number of nitrogens with one attached hydrogen (secondary N) is 1. The number of fused-ring (bicyclic) bond motifs is 1. The summed E-state index contributed by atoms with van der Waals surface area (Å²) in [7, 11) is 0.290. The molecule has 0 bridgehead atoms. The summed E-state index contributed by atoms with van der Waals surface area (Å²) in [5.74, 6) is -0.897. The number of aryl methyl sites for hydroxylation is 1. The van der Waals surface area contributed by atoms with Crippen molar-refractivity contribution >= 4 is 59.9 Å². The van der Waals surface area contributed by atoms with Gasteiger partial charge in [0.25, 0.3) is 0 Å². The standard InChI is InChI=1S/C29H31BrN4O5S/c1-33(2)16-17-34(40(3,38)39)23-12-10-22(11-13-23)31-28(20-7-4-19(5-8-20)6-15-26(35)36)27-24-14-9-21(30)18-25(24)32-29(27)37/h4-5,7-14,18,32,37H,6,15-17H2,1-3H3,(H,35,36). The Morgan fingerprint density at radius 3 is 2.27 bits per heavy atom. The van der Waals surface area contributed by atoms with Crippen LogP contribution in [0.3, 0.4) is 0 Å². The van der Waals surface area contributed by atoms with E-state index in [4.69, 9.17) is 10.1 Å². The number of aromatic nitrogens is 1. The minimum absolute atomic E-state index is 0.0315. The van der Waals surface area contributed by atoms with Crippen LogP contribution in [0.2, 0.25) is 0 Å². The van der Waals surface area contributed by atoms with Gasteiger partial charge in [0, 0.05) is 34.9 Å². The number of aliphatic carboxylic acids is 1. The number of sulfonamides is 1. The molecular weight excluding hydrogens is 596 g/mol. The van der Waals surface area contributed by atoms with Gasteiger partial charge in [-0.3, -0.25) is 9.10 Å². The second-order valence-electron chi connectivity index (χ2n) is 9.74. The second-order valence-corrected chi connectivity index (χ2v) is 12.6. The SMILES string of the molecule is CN(C)CCN(c1ccc(N=C(c2ccc(CCC(=O)O)cc2)c2c(O)[nH]c3cc(Br)ccc23)cc1)S(C)(=O)=O. The van der Waals surface area contributed by atoms with Crippen LogP contribution in [-0.2, 0) is 21.2 Å². The molecule has 9 nitrogen and oxygen atoms in total. The summed E-state index contributed by atoms with van der Waals surface area (Å²) in [5.41, 5.74) is 4.47. The smallest absolute Gasteiger partial charge is 0.303 e. The molecular formula is C29H31BrN4O5S. The molecule has 0 saturated heterocycles. The van der Waals surface area contributed by atoms with E-state index in [1.165, 1.54) is 10.6 Å². The van der Waals surface area contributed by atoms with Gasteiger partial charge in [-0.25, -0.2) is 13.4 Å². The van der Waals surface area contributed by atoms with E-state index in [1.54, 1.807) is 24.3 Å². The Morgan fingerprint density at radius 2 is 1.68 bits per heavy atom. The van der Waals surface area contributed by atoms with Crippen LogP contribution >= 0.6 is 15.9 Å². The van der Waals surface area contributed by atoms with E-state index in [1.807, 2.05) is 61.5 Å². The number of nitrogens with zero attached hydrogens (tertiary/aromatic N) is 3. The van der Waals surface area contributed by atoms with E-state index in [0.717, 1.165) is 26.5 Å². The molecule has 40 heavy (non-hydrogen) atoms. The molecule has 0 spiro atoms. The van der Waals surface area contributed by atoms with Gasteiger partial charge in [0.05, 0.1) is 34.4 Å². The summed E-state index contributed by atoms with van der Waals surface area (Å²) in [6.07, 6.45) is 1.62. The average Bonchev–Trinajstić information content (AvgIpc) is 3.20. The van der Waals surface area contributed by atoms with Crippen LogP contribution in [0.25, 0.3) is 10.9 Å². The van der Waals surface area contributed by atoms with Crippen molar-refractivity contribution in [3.8, 4) is 5.88 Å². The first-order chi connectivity index (χ1) is 18.9. The molecule has 0 fully saturated rings. The molecule has 11 heteroatoms. The molecule has 0 saturated carbocycles. The summed E-state index contributed by atoms with van der Waals surface area (Å²) in [5, 5.41) is 20.7. The van der Waals surface area contributed by atoms with Crippen molar-refractivity contribution in [1.29, 1.82) is 0 Å². The molecule has 1 heterocycles. The van der Waals surface area contributed by atoms with Crippen molar-refractivity contribution < 1.29 is 23.4 Å². The van der Waals surface area contributed by atoms with E-state index in [9.17, 15) is 18.3 Å². The molecule has 0 atom stereocenters. The van der Waals surface area contributed by atoms with Gasteiger partial charge in [-0.05, 0) is 62.5 Å². The number of aromatic amines is 1. The third kappa shape index (κ3) is 7.09. The summed E-state index contributed by atoms with van der Waals surface area (Å²) in [6.45, 7) is 0.877. The molecule has 4 aromatic rings. The Labute approximate surface area is 242 Å². The first kappa shape index (κ1) is 29.3. The third-order valence-electron chi connectivity index (χ3n) is 6.36. The first-order valence-electron chi connectivity index (χ1n) is 12.6. The maximum Gasteiger partial charge on any atom is 0.303 e. The van der Waals surface area contributed by atoms with Crippen LogP contribution in [0, 0.1) is 0 Å². The van der Waals surface area contributed by atoms with Crippen molar-refractivity contribution in [2.24, 2.45) is 4.99 Å². The number of halogens is 1. The molecule has 3 N–H and O–H groups in total. The number of carbonyl (C=O) groups is 1. The number of likely N-dealkylation sites (N-methyl/N-ethyl adjacent to an activating group) is 1. The first-order valence-corrected chi connectivity index (χ1v) is 15.2. The van der Waals surface area contributed by atoms with Crippen LogP contribution in [0.1, 0.15) is 23.1 Å². The number of hydrogen-bond acceptors (Lipinski definition) is 6. The average molecular weight is 628 g/mol. The van der Waals surface area contributed by atoms with Gasteiger partial charge in [0.15, 0.2) is 5.88 Å². The van der Waals surface area contributed by atoms with Crippen molar-refractivity contribution in [3.63, 3.8) is 0 Å². The molecule has 1 aromatic heterocycles. The fraction of sp³-hybridized carbons (Fsp3) is 0.241. The highest BCUT2D eigenvalue weighted by Gasteiger charge is 2.20. The number of benzene rings is 3. The number of carboxylic acid groups (broad SMARTS) is 1. The largest absolute Gasteiger partial charge is 0.494 e. The Morgan fingerprint density at radius 1 is 1.00 bits per heavy atom. The maximum absolute atomic E-state index is 12.5. The Bertz CT molecular complexity index is 1650. The molecule has 0 aliphatic carbocycles. The lowest BCUT2D eigenvalue weighted by Crippen LogP contribution is -2.35. The van der Waals surface area contributed by atoms with Crippen LogP contribution in [0.15, 0.2) is 76.2 Å². The Balaban J connectivity index is 1.78. The van der Waals surface area contributed by atoms with E-state index >= 15 is 0 Å². The van der Waals surface area contributed by atoms with E-state index < -0.39 is 16.0 Å². The highest BCUT2D eigenvalue weighted by Crippen LogP contribution is 2.33. The van der Waals surface area contributed by atoms with Crippen molar-refractivity contribution in [2.75, 3.05) is 37.7 Å². The van der Waals surface area contributed by atoms with Gasteiger partial charge in [-0.15, -0.1) is 0 Å². The summed E-state index contributed by atoms with van der Waals surface area (Å²) >= 11 is 3.46. The van der Waals surface area contributed by atoms with Gasteiger partial charge in [-0.2, -0.15) is 0 Å². The molecule has 0 aliphatic heterocycles. The topological polar surface area (TPSA) is 126 Å². The second kappa shape index (κ2) is 12.2. The summed E-state index contributed by atoms with van der Waals surface area (Å²) in [4.78, 5) is 20.8. The zero-order valence-electron chi connectivity index (χ0n) is 22.4.